The molecule has 0 amide bonds. The molecule has 3 heteroatoms. The van der Waals surface area contributed by atoms with Gasteiger partial charge in [-0.1, -0.05) is 14.9 Å². The smallest absolute Gasteiger partial charge is 0.781 e. The molecule has 0 saturated carbocycles. The van der Waals surface area contributed by atoms with Gasteiger partial charge in [-0.3, -0.25) is 0 Å². The Balaban J connectivity index is -0.000000163. The van der Waals surface area contributed by atoms with Gasteiger partial charge in [0.25, 0.3) is 0 Å². The zero-order valence-corrected chi connectivity index (χ0v) is 8.67. The molecule has 1 aliphatic rings. The fourth-order valence-electron chi connectivity index (χ4n) is 0.474. The van der Waals surface area contributed by atoms with Gasteiger partial charge in [0.15, 0.2) is 0 Å². The molecule has 0 aromatic carbocycles. The SMILES string of the molecule is C.C.[S-]C1=CCC=C1[S-].[Sn+2]. The molecule has 0 heterocycles. The molecule has 10 heavy (non-hydrogen) atoms. The summed E-state index contributed by atoms with van der Waals surface area (Å²) in [5.41, 5.74) is 0. The van der Waals surface area contributed by atoms with Crippen LogP contribution in [-0.2, 0) is 25.3 Å². The number of rotatable bonds is 0. The average Bonchev–Trinajstić information content (AvgIpc) is 1.91. The van der Waals surface area contributed by atoms with Crippen molar-refractivity contribution >= 4 is 49.2 Å². The summed E-state index contributed by atoms with van der Waals surface area (Å²) in [6.07, 6.45) is 4.85. The Morgan fingerprint density at radius 1 is 1.00 bits per heavy atom. The van der Waals surface area contributed by atoms with E-state index in [1.807, 2.05) is 12.2 Å². The van der Waals surface area contributed by atoms with Crippen molar-refractivity contribution in [2.24, 2.45) is 0 Å². The van der Waals surface area contributed by atoms with Crippen LogP contribution in [0.4, 0.5) is 0 Å². The van der Waals surface area contributed by atoms with Gasteiger partial charge in [0, 0.05) is 0 Å². The van der Waals surface area contributed by atoms with Crippen molar-refractivity contribution in [3.8, 4) is 0 Å². The molecular weight excluding hydrogens is 267 g/mol. The third kappa shape index (κ3) is 4.52. The van der Waals surface area contributed by atoms with Crippen LogP contribution >= 0.6 is 0 Å². The van der Waals surface area contributed by atoms with E-state index < -0.39 is 0 Å². The van der Waals surface area contributed by atoms with Crippen LogP contribution in [0, 0.1) is 0 Å². The van der Waals surface area contributed by atoms with Crippen LogP contribution in [0.15, 0.2) is 22.0 Å². The largest absolute Gasteiger partial charge is 2.00 e. The first-order chi connectivity index (χ1) is 3.30. The average molecular weight is 279 g/mol. The summed E-state index contributed by atoms with van der Waals surface area (Å²) in [5.74, 6) is 0. The van der Waals surface area contributed by atoms with Crippen molar-refractivity contribution in [2.75, 3.05) is 0 Å². The fourth-order valence-corrected chi connectivity index (χ4v) is 0.833. The maximum Gasteiger partial charge on any atom is 2.00 e. The molecule has 0 nitrogen and oxygen atoms in total. The van der Waals surface area contributed by atoms with Gasteiger partial charge in [-0.05, 0) is 6.42 Å². The third-order valence-corrected chi connectivity index (χ3v) is 1.75. The monoisotopic (exact) mass is 280 g/mol. The fraction of sp³-hybridized carbons (Fsp3) is 0.429. The van der Waals surface area contributed by atoms with Gasteiger partial charge >= 0.3 is 23.9 Å². The Morgan fingerprint density at radius 3 is 1.40 bits per heavy atom. The van der Waals surface area contributed by atoms with Gasteiger partial charge in [0.05, 0.1) is 0 Å². The quantitative estimate of drug-likeness (QED) is 0.492. The van der Waals surface area contributed by atoms with Crippen molar-refractivity contribution in [3.63, 3.8) is 0 Å². The predicted molar refractivity (Wildman–Crippen MR) is 54.7 cm³/mol. The summed E-state index contributed by atoms with van der Waals surface area (Å²) in [7, 11) is 0. The molecule has 0 spiro atoms. The maximum atomic E-state index is 4.81. The summed E-state index contributed by atoms with van der Waals surface area (Å²) in [6.45, 7) is 0. The van der Waals surface area contributed by atoms with Gasteiger partial charge in [-0.25, -0.2) is 0 Å². The van der Waals surface area contributed by atoms with E-state index in [1.165, 1.54) is 0 Å². The topological polar surface area (TPSA) is 0 Å². The van der Waals surface area contributed by atoms with Gasteiger partial charge in [-0.2, -0.15) is 9.81 Å². The molecule has 0 aliphatic heterocycles. The van der Waals surface area contributed by atoms with Crippen LogP contribution in [-0.4, -0.2) is 23.9 Å². The summed E-state index contributed by atoms with van der Waals surface area (Å²) < 4.78 is 0. The Kier molecular flexibility index (Phi) is 13.3. The minimum absolute atomic E-state index is 0. The molecule has 1 aliphatic carbocycles. The van der Waals surface area contributed by atoms with Crippen LogP contribution < -0.4 is 0 Å². The van der Waals surface area contributed by atoms with E-state index in [0.29, 0.717) is 0 Å². The van der Waals surface area contributed by atoms with E-state index >= 15 is 0 Å². The Morgan fingerprint density at radius 2 is 1.30 bits per heavy atom. The third-order valence-electron chi connectivity index (χ3n) is 0.849. The van der Waals surface area contributed by atoms with E-state index in [2.05, 4.69) is 0 Å². The maximum absolute atomic E-state index is 4.81. The molecular formula is C7H12S2Sn. The number of hydrogen-bond acceptors (Lipinski definition) is 2. The standard InChI is InChI=1S/C5H6S2.2CH4.Sn/c6-4-2-1-3-5(4)7;;;/h2-3,6-7H,1H2;2*1H4;/q;;;+2/p-2. The van der Waals surface area contributed by atoms with Gasteiger partial charge < -0.3 is 25.3 Å². The van der Waals surface area contributed by atoms with Crippen molar-refractivity contribution in [1.82, 2.24) is 0 Å². The predicted octanol–water partition coefficient (Wildman–Crippen LogP) is 2.14. The Labute approximate surface area is 91.9 Å². The van der Waals surface area contributed by atoms with Crippen LogP contribution in [0.1, 0.15) is 21.3 Å². The first kappa shape index (κ1) is 17.0. The van der Waals surface area contributed by atoms with Crippen molar-refractivity contribution in [1.29, 1.82) is 0 Å². The number of allylic oxidation sites excluding steroid dienone is 2. The summed E-state index contributed by atoms with van der Waals surface area (Å²) in [6, 6.07) is 0. The second-order valence-electron chi connectivity index (χ2n) is 1.37. The molecule has 0 fully saturated rings. The first-order valence-corrected chi connectivity index (χ1v) is 2.87. The van der Waals surface area contributed by atoms with Gasteiger partial charge in [0.2, 0.25) is 0 Å². The summed E-state index contributed by atoms with van der Waals surface area (Å²) >= 11 is 9.63. The molecule has 0 bridgehead atoms. The zero-order chi connectivity index (χ0) is 5.28. The Hall–Kier alpha value is 0.719. The van der Waals surface area contributed by atoms with E-state index in [0.717, 1.165) is 16.2 Å². The summed E-state index contributed by atoms with van der Waals surface area (Å²) in [4.78, 5) is 1.69. The van der Waals surface area contributed by atoms with Crippen molar-refractivity contribution < 1.29 is 0 Å². The molecule has 0 aromatic rings. The van der Waals surface area contributed by atoms with Gasteiger partial charge in [0.1, 0.15) is 0 Å². The minimum atomic E-state index is 0. The molecule has 0 unspecified atom stereocenters. The molecule has 0 aromatic heterocycles. The molecule has 0 atom stereocenters. The molecule has 1 rings (SSSR count). The minimum Gasteiger partial charge on any atom is -0.781 e. The Bertz CT molecular complexity index is 123. The molecule has 2 radical (unpaired) electrons. The zero-order valence-electron chi connectivity index (χ0n) is 4.18. The second-order valence-corrected chi connectivity index (χ2v) is 2.25. The van der Waals surface area contributed by atoms with Crippen molar-refractivity contribution in [2.45, 2.75) is 21.3 Å². The molecule has 0 saturated heterocycles. The molecule has 56 valence electrons. The van der Waals surface area contributed by atoms with E-state index in [1.54, 1.807) is 0 Å². The first-order valence-electron chi connectivity index (χ1n) is 2.05. The van der Waals surface area contributed by atoms with Crippen LogP contribution in [0.3, 0.4) is 0 Å². The van der Waals surface area contributed by atoms with Crippen LogP contribution in [0.25, 0.3) is 0 Å². The van der Waals surface area contributed by atoms with E-state index in [-0.39, 0.29) is 38.8 Å². The van der Waals surface area contributed by atoms with Crippen LogP contribution in [0.5, 0.6) is 0 Å². The second kappa shape index (κ2) is 7.82. The van der Waals surface area contributed by atoms with Crippen molar-refractivity contribution in [3.05, 3.63) is 22.0 Å². The molecule has 0 N–H and O–H groups in total. The van der Waals surface area contributed by atoms with Crippen LogP contribution in [0.2, 0.25) is 0 Å². The van der Waals surface area contributed by atoms with E-state index in [9.17, 15) is 0 Å². The van der Waals surface area contributed by atoms with Gasteiger partial charge in [-0.15, -0.1) is 12.2 Å². The number of hydrogen-bond donors (Lipinski definition) is 0. The summed E-state index contributed by atoms with van der Waals surface area (Å²) in [5, 5.41) is 0. The van der Waals surface area contributed by atoms with E-state index in [4.69, 9.17) is 25.3 Å². The normalized spacial score (nSPS) is 13.2.